The number of benzene rings is 1. The van der Waals surface area contributed by atoms with Crippen LogP contribution in [0.4, 0.5) is 0 Å². The van der Waals surface area contributed by atoms with Crippen LogP contribution in [0.15, 0.2) is 24.3 Å². The Labute approximate surface area is 130 Å². The van der Waals surface area contributed by atoms with Gasteiger partial charge in [0.25, 0.3) is 0 Å². The number of hydrogen-bond donors (Lipinski definition) is 1. The van der Waals surface area contributed by atoms with E-state index in [2.05, 4.69) is 5.32 Å². The fraction of sp³-hybridized carbons (Fsp3) is 0.500. The Morgan fingerprint density at radius 3 is 2.90 bits per heavy atom. The Morgan fingerprint density at radius 2 is 2.25 bits per heavy atom. The van der Waals surface area contributed by atoms with Crippen LogP contribution in [0.2, 0.25) is 5.02 Å². The van der Waals surface area contributed by atoms with Gasteiger partial charge in [-0.1, -0.05) is 23.7 Å². The molecule has 1 aliphatic rings. The van der Waals surface area contributed by atoms with E-state index in [-0.39, 0.29) is 24.4 Å². The average molecular weight is 319 g/mol. The van der Waals surface area contributed by atoms with Crippen LogP contribution in [-0.2, 0) is 4.79 Å². The number of para-hydroxylation sites is 1. The largest absolute Gasteiger partial charge is 0.490 e. The van der Waals surface area contributed by atoms with Crippen molar-refractivity contribution in [2.24, 2.45) is 0 Å². The zero-order valence-corrected chi connectivity index (χ0v) is 13.0. The molecule has 1 aromatic rings. The molecule has 1 N–H and O–H groups in total. The van der Waals surface area contributed by atoms with Crippen LogP contribution in [0.5, 0.6) is 5.75 Å². The summed E-state index contributed by atoms with van der Waals surface area (Å²) in [5.74, 6) is 0.796. The summed E-state index contributed by atoms with van der Waals surface area (Å²) in [5.41, 5.74) is 0. The quantitative estimate of drug-likeness (QED) is 0.906. The summed E-state index contributed by atoms with van der Waals surface area (Å²) in [6.07, 6.45) is 1.99. The van der Waals surface area contributed by atoms with E-state index in [0.717, 1.165) is 19.4 Å². The van der Waals surface area contributed by atoms with Crippen molar-refractivity contribution in [3.05, 3.63) is 29.3 Å². The average Bonchev–Trinajstić information content (AvgIpc) is 2.94. The summed E-state index contributed by atoms with van der Waals surface area (Å²) >= 11 is 5.99. The van der Waals surface area contributed by atoms with Crippen LogP contribution in [0.1, 0.15) is 12.8 Å². The van der Waals surface area contributed by atoms with Gasteiger partial charge in [0.2, 0.25) is 5.91 Å². The third kappa shape index (κ3) is 4.54. The van der Waals surface area contributed by atoms with E-state index in [1.807, 2.05) is 18.2 Å². The van der Waals surface area contributed by atoms with Gasteiger partial charge in [0, 0.05) is 7.05 Å². The SMILES string of the molecule is CN(CCOc1ccccc1Cl)C(=O)C1CCCN1.Cl. The highest BCUT2D eigenvalue weighted by molar-refractivity contribution is 6.32. The topological polar surface area (TPSA) is 41.6 Å². The summed E-state index contributed by atoms with van der Waals surface area (Å²) in [6, 6.07) is 7.32. The zero-order valence-electron chi connectivity index (χ0n) is 11.5. The molecular formula is C14H20Cl2N2O2. The summed E-state index contributed by atoms with van der Waals surface area (Å²) in [7, 11) is 1.80. The number of likely N-dealkylation sites (N-methyl/N-ethyl adjacent to an activating group) is 1. The lowest BCUT2D eigenvalue weighted by Crippen LogP contribution is -2.43. The third-order valence-corrected chi connectivity index (χ3v) is 3.57. The molecule has 1 unspecified atom stereocenters. The van der Waals surface area contributed by atoms with Crippen LogP contribution < -0.4 is 10.1 Å². The number of nitrogens with one attached hydrogen (secondary N) is 1. The van der Waals surface area contributed by atoms with E-state index in [1.54, 1.807) is 18.0 Å². The maximum atomic E-state index is 12.0. The molecule has 2 rings (SSSR count). The fourth-order valence-electron chi connectivity index (χ4n) is 2.13. The molecule has 1 saturated heterocycles. The van der Waals surface area contributed by atoms with Gasteiger partial charge in [-0.2, -0.15) is 0 Å². The minimum absolute atomic E-state index is 0. The standard InChI is InChI=1S/C14H19ClN2O2.ClH/c1-17(14(18)12-6-4-8-16-12)9-10-19-13-7-3-2-5-11(13)15;/h2-3,5,7,12,16H,4,6,8-10H2,1H3;1H. The molecule has 6 heteroatoms. The number of rotatable bonds is 5. The first kappa shape index (κ1) is 17.1. The first-order valence-corrected chi connectivity index (χ1v) is 6.92. The van der Waals surface area contributed by atoms with Crippen molar-refractivity contribution in [2.45, 2.75) is 18.9 Å². The minimum Gasteiger partial charge on any atom is -0.490 e. The van der Waals surface area contributed by atoms with Gasteiger partial charge in [-0.25, -0.2) is 0 Å². The number of halogens is 2. The highest BCUT2D eigenvalue weighted by atomic mass is 35.5. The molecule has 4 nitrogen and oxygen atoms in total. The van der Waals surface area contributed by atoms with Crippen LogP contribution in [0.25, 0.3) is 0 Å². The molecule has 0 spiro atoms. The predicted octanol–water partition coefficient (Wildman–Crippen LogP) is 2.35. The minimum atomic E-state index is -0.0229. The Hall–Kier alpha value is -0.970. The van der Waals surface area contributed by atoms with E-state index in [4.69, 9.17) is 16.3 Å². The Kier molecular flexibility index (Phi) is 7.13. The summed E-state index contributed by atoms with van der Waals surface area (Å²) in [6.45, 7) is 1.93. The molecule has 1 amide bonds. The zero-order chi connectivity index (χ0) is 13.7. The van der Waals surface area contributed by atoms with Crippen molar-refractivity contribution >= 4 is 29.9 Å². The van der Waals surface area contributed by atoms with Gasteiger partial charge in [0.1, 0.15) is 12.4 Å². The van der Waals surface area contributed by atoms with Gasteiger partial charge in [-0.05, 0) is 31.5 Å². The van der Waals surface area contributed by atoms with E-state index < -0.39 is 0 Å². The van der Waals surface area contributed by atoms with Gasteiger partial charge in [0.05, 0.1) is 17.6 Å². The van der Waals surface area contributed by atoms with E-state index in [9.17, 15) is 4.79 Å². The van der Waals surface area contributed by atoms with Gasteiger partial charge in [0.15, 0.2) is 0 Å². The van der Waals surface area contributed by atoms with Crippen molar-refractivity contribution < 1.29 is 9.53 Å². The molecule has 0 radical (unpaired) electrons. The number of ether oxygens (including phenoxy) is 1. The second kappa shape index (κ2) is 8.35. The van der Waals surface area contributed by atoms with Crippen molar-refractivity contribution in [1.29, 1.82) is 0 Å². The number of nitrogens with zero attached hydrogens (tertiary/aromatic N) is 1. The fourth-order valence-corrected chi connectivity index (χ4v) is 2.32. The summed E-state index contributed by atoms with van der Waals surface area (Å²) < 4.78 is 5.57. The van der Waals surface area contributed by atoms with Gasteiger partial charge >= 0.3 is 0 Å². The molecule has 0 aromatic heterocycles. The highest BCUT2D eigenvalue weighted by Gasteiger charge is 2.24. The lowest BCUT2D eigenvalue weighted by molar-refractivity contribution is -0.132. The number of carbonyl (C=O) groups is 1. The smallest absolute Gasteiger partial charge is 0.239 e. The van der Waals surface area contributed by atoms with E-state index in [1.165, 1.54) is 0 Å². The van der Waals surface area contributed by atoms with Crippen LogP contribution in [0, 0.1) is 0 Å². The maximum Gasteiger partial charge on any atom is 0.239 e. The highest BCUT2D eigenvalue weighted by Crippen LogP contribution is 2.22. The summed E-state index contributed by atoms with van der Waals surface area (Å²) in [5, 5.41) is 3.79. The first-order valence-electron chi connectivity index (χ1n) is 6.54. The Morgan fingerprint density at radius 1 is 1.50 bits per heavy atom. The lowest BCUT2D eigenvalue weighted by atomic mass is 10.2. The monoisotopic (exact) mass is 318 g/mol. The van der Waals surface area contributed by atoms with Crippen molar-refractivity contribution in [3.63, 3.8) is 0 Å². The van der Waals surface area contributed by atoms with Gasteiger partial charge in [-0.3, -0.25) is 4.79 Å². The third-order valence-electron chi connectivity index (χ3n) is 3.26. The lowest BCUT2D eigenvalue weighted by Gasteiger charge is -2.21. The van der Waals surface area contributed by atoms with Crippen molar-refractivity contribution in [2.75, 3.05) is 26.7 Å². The number of amides is 1. The van der Waals surface area contributed by atoms with Crippen LogP contribution in [0.3, 0.4) is 0 Å². The van der Waals surface area contributed by atoms with E-state index >= 15 is 0 Å². The number of hydrogen-bond acceptors (Lipinski definition) is 3. The molecule has 0 bridgehead atoms. The molecule has 1 heterocycles. The molecule has 0 aliphatic carbocycles. The molecule has 1 fully saturated rings. The van der Waals surface area contributed by atoms with Crippen molar-refractivity contribution in [3.8, 4) is 5.75 Å². The van der Waals surface area contributed by atoms with Gasteiger partial charge < -0.3 is 15.0 Å². The molecule has 20 heavy (non-hydrogen) atoms. The molecule has 1 atom stereocenters. The normalized spacial score (nSPS) is 17.4. The molecule has 112 valence electrons. The Balaban J connectivity index is 0.00000200. The maximum absolute atomic E-state index is 12.0. The number of carbonyl (C=O) groups excluding carboxylic acids is 1. The van der Waals surface area contributed by atoms with Crippen LogP contribution >= 0.6 is 24.0 Å². The second-order valence-electron chi connectivity index (χ2n) is 4.69. The Bertz CT molecular complexity index is 437. The first-order chi connectivity index (χ1) is 9.18. The molecule has 1 aromatic carbocycles. The predicted molar refractivity (Wildman–Crippen MR) is 82.9 cm³/mol. The van der Waals surface area contributed by atoms with Crippen LogP contribution in [-0.4, -0.2) is 43.6 Å². The molecule has 0 saturated carbocycles. The second-order valence-corrected chi connectivity index (χ2v) is 5.09. The summed E-state index contributed by atoms with van der Waals surface area (Å²) in [4.78, 5) is 13.7. The van der Waals surface area contributed by atoms with Gasteiger partial charge in [-0.15, -0.1) is 12.4 Å². The van der Waals surface area contributed by atoms with Crippen molar-refractivity contribution in [1.82, 2.24) is 10.2 Å². The van der Waals surface area contributed by atoms with E-state index in [0.29, 0.717) is 23.9 Å². The molecule has 1 aliphatic heterocycles. The molecular weight excluding hydrogens is 299 g/mol.